The van der Waals surface area contributed by atoms with Gasteiger partial charge in [-0.25, -0.2) is 0 Å². The summed E-state index contributed by atoms with van der Waals surface area (Å²) >= 11 is 5.87. The van der Waals surface area contributed by atoms with E-state index >= 15 is 0 Å². The molecule has 0 radical (unpaired) electrons. The van der Waals surface area contributed by atoms with Crippen LogP contribution in [0.5, 0.6) is 0 Å². The van der Waals surface area contributed by atoms with Gasteiger partial charge in [-0.3, -0.25) is 0 Å². The van der Waals surface area contributed by atoms with Gasteiger partial charge < -0.3 is 10.1 Å². The predicted molar refractivity (Wildman–Crippen MR) is 60.8 cm³/mol. The molecule has 1 atom stereocenters. The number of nitrogens with zero attached hydrogens (tertiary/aromatic N) is 4. The molecule has 1 unspecified atom stereocenters. The van der Waals surface area contributed by atoms with E-state index in [1.807, 2.05) is 6.92 Å². The van der Waals surface area contributed by atoms with Gasteiger partial charge in [0.2, 0.25) is 0 Å². The number of hydrogen-bond donors (Lipinski definition) is 1. The van der Waals surface area contributed by atoms with Crippen LogP contribution in [0.4, 0.5) is 5.82 Å². The number of halogens is 1. The average molecular weight is 242 g/mol. The zero-order valence-corrected chi connectivity index (χ0v) is 9.77. The summed E-state index contributed by atoms with van der Waals surface area (Å²) in [6.45, 7) is 2.63. The molecule has 0 fully saturated rings. The number of aromatic nitrogens is 4. The van der Waals surface area contributed by atoms with Crippen LogP contribution in [0.2, 0.25) is 5.15 Å². The summed E-state index contributed by atoms with van der Waals surface area (Å²) in [4.78, 5) is 8.00. The Kier molecular flexibility index (Phi) is 3.21. The van der Waals surface area contributed by atoms with Crippen molar-refractivity contribution in [2.24, 2.45) is 0 Å². The molecule has 0 amide bonds. The van der Waals surface area contributed by atoms with Crippen LogP contribution in [-0.2, 0) is 4.74 Å². The molecular weight excluding hydrogens is 230 g/mol. The molecule has 2 heterocycles. The fraction of sp³-hybridized carbons (Fsp3) is 0.444. The molecule has 2 rings (SSSR count). The van der Waals surface area contributed by atoms with E-state index in [0.29, 0.717) is 17.5 Å². The molecule has 7 heteroatoms. The van der Waals surface area contributed by atoms with Crippen LogP contribution in [-0.4, -0.2) is 39.3 Å². The Hall–Kier alpha value is -1.40. The highest BCUT2D eigenvalue weighted by molar-refractivity contribution is 6.29. The fourth-order valence-corrected chi connectivity index (χ4v) is 1.42. The van der Waals surface area contributed by atoms with E-state index in [4.69, 9.17) is 16.3 Å². The van der Waals surface area contributed by atoms with Gasteiger partial charge >= 0.3 is 0 Å². The number of ether oxygens (including phenoxy) is 1. The largest absolute Gasteiger partial charge is 0.380 e. The Balaban J connectivity index is 2.25. The normalized spacial score (nSPS) is 12.9. The van der Waals surface area contributed by atoms with Crippen LogP contribution >= 0.6 is 11.6 Å². The van der Waals surface area contributed by atoms with Gasteiger partial charge in [-0.1, -0.05) is 11.6 Å². The van der Waals surface area contributed by atoms with Gasteiger partial charge in [-0.2, -0.15) is 19.6 Å². The van der Waals surface area contributed by atoms with Crippen LogP contribution in [0.25, 0.3) is 5.78 Å². The minimum atomic E-state index is 0.102. The highest BCUT2D eigenvalue weighted by atomic mass is 35.5. The minimum absolute atomic E-state index is 0.102. The molecule has 0 aliphatic carbocycles. The first-order valence-electron chi connectivity index (χ1n) is 4.83. The maximum Gasteiger partial charge on any atom is 0.255 e. The lowest BCUT2D eigenvalue weighted by Crippen LogP contribution is -2.19. The first-order chi connectivity index (χ1) is 7.70. The Morgan fingerprint density at radius 3 is 3.19 bits per heavy atom. The van der Waals surface area contributed by atoms with Crippen LogP contribution in [0.3, 0.4) is 0 Å². The second-order valence-electron chi connectivity index (χ2n) is 3.36. The van der Waals surface area contributed by atoms with E-state index in [1.54, 1.807) is 17.7 Å². The number of rotatable bonds is 4. The molecule has 86 valence electrons. The van der Waals surface area contributed by atoms with Crippen molar-refractivity contribution < 1.29 is 4.74 Å². The smallest absolute Gasteiger partial charge is 0.255 e. The summed E-state index contributed by atoms with van der Waals surface area (Å²) in [7, 11) is 1.66. The zero-order chi connectivity index (χ0) is 11.5. The maximum atomic E-state index is 5.87. The number of hydrogen-bond acceptors (Lipinski definition) is 5. The second-order valence-corrected chi connectivity index (χ2v) is 3.75. The Morgan fingerprint density at radius 2 is 2.44 bits per heavy atom. The molecule has 0 spiro atoms. The topological polar surface area (TPSA) is 64.3 Å². The maximum absolute atomic E-state index is 5.87. The Bertz CT molecular complexity index is 486. The quantitative estimate of drug-likeness (QED) is 0.816. The fourth-order valence-electron chi connectivity index (χ4n) is 1.24. The van der Waals surface area contributed by atoms with Crippen molar-refractivity contribution in [3.8, 4) is 0 Å². The summed E-state index contributed by atoms with van der Waals surface area (Å²) in [6.07, 6.45) is 1.54. The van der Waals surface area contributed by atoms with Gasteiger partial charge in [-0.05, 0) is 6.92 Å². The Labute approximate surface area is 97.6 Å². The number of anilines is 1. The monoisotopic (exact) mass is 241 g/mol. The van der Waals surface area contributed by atoms with Crippen LogP contribution < -0.4 is 5.32 Å². The van der Waals surface area contributed by atoms with Crippen molar-refractivity contribution in [3.05, 3.63) is 17.5 Å². The molecule has 0 saturated heterocycles. The first kappa shape index (κ1) is 11.1. The van der Waals surface area contributed by atoms with E-state index in [9.17, 15) is 0 Å². The summed E-state index contributed by atoms with van der Waals surface area (Å²) < 4.78 is 6.73. The summed E-state index contributed by atoms with van der Waals surface area (Å²) in [5.41, 5.74) is 0. The van der Waals surface area contributed by atoms with Crippen molar-refractivity contribution in [2.75, 3.05) is 19.0 Å². The first-order valence-corrected chi connectivity index (χ1v) is 5.21. The van der Waals surface area contributed by atoms with E-state index in [0.717, 1.165) is 5.82 Å². The van der Waals surface area contributed by atoms with Crippen molar-refractivity contribution >= 4 is 23.2 Å². The highest BCUT2D eigenvalue weighted by Gasteiger charge is 2.07. The van der Waals surface area contributed by atoms with E-state index in [2.05, 4.69) is 20.4 Å². The van der Waals surface area contributed by atoms with Crippen molar-refractivity contribution in [1.29, 1.82) is 0 Å². The molecule has 16 heavy (non-hydrogen) atoms. The van der Waals surface area contributed by atoms with Gasteiger partial charge in [0.1, 0.15) is 17.3 Å². The molecule has 1 N–H and O–H groups in total. The lowest BCUT2D eigenvalue weighted by molar-refractivity contribution is 0.128. The molecule has 2 aromatic heterocycles. The number of nitrogens with one attached hydrogen (secondary N) is 1. The molecule has 0 aliphatic heterocycles. The summed E-state index contributed by atoms with van der Waals surface area (Å²) in [5.74, 6) is 1.22. The van der Waals surface area contributed by atoms with Gasteiger partial charge in [0.15, 0.2) is 0 Å². The van der Waals surface area contributed by atoms with Crippen LogP contribution in [0, 0.1) is 0 Å². The molecule has 0 aromatic carbocycles. The van der Waals surface area contributed by atoms with Crippen molar-refractivity contribution in [2.45, 2.75) is 13.0 Å². The number of methoxy groups -OCH3 is 1. The minimum Gasteiger partial charge on any atom is -0.380 e. The SMILES string of the molecule is COC(C)CNc1cc(Cl)nc2ncnn12. The Morgan fingerprint density at radius 1 is 1.62 bits per heavy atom. The van der Waals surface area contributed by atoms with Gasteiger partial charge in [0, 0.05) is 19.7 Å². The lowest BCUT2D eigenvalue weighted by atomic mass is 10.4. The highest BCUT2D eigenvalue weighted by Crippen LogP contribution is 2.14. The zero-order valence-electron chi connectivity index (χ0n) is 9.01. The van der Waals surface area contributed by atoms with Gasteiger partial charge in [0.25, 0.3) is 5.78 Å². The van der Waals surface area contributed by atoms with Crippen LogP contribution in [0.1, 0.15) is 6.92 Å². The standard InChI is InChI=1S/C9H12ClN5O/c1-6(16-2)4-11-8-3-7(10)14-9-12-5-13-15(8)9/h3,5-6,11H,4H2,1-2H3. The molecule has 6 nitrogen and oxygen atoms in total. The molecule has 0 aliphatic rings. The van der Waals surface area contributed by atoms with Gasteiger partial charge in [-0.15, -0.1) is 0 Å². The third-order valence-electron chi connectivity index (χ3n) is 2.19. The van der Waals surface area contributed by atoms with E-state index < -0.39 is 0 Å². The molecule has 2 aromatic rings. The van der Waals surface area contributed by atoms with Gasteiger partial charge in [0.05, 0.1) is 6.10 Å². The third-order valence-corrected chi connectivity index (χ3v) is 2.39. The summed E-state index contributed by atoms with van der Waals surface area (Å²) in [6, 6.07) is 1.70. The third kappa shape index (κ3) is 2.23. The molecular formula is C9H12ClN5O. The van der Waals surface area contributed by atoms with E-state index in [-0.39, 0.29) is 6.10 Å². The molecule has 0 bridgehead atoms. The van der Waals surface area contributed by atoms with Crippen LogP contribution in [0.15, 0.2) is 12.4 Å². The number of fused-ring (bicyclic) bond motifs is 1. The lowest BCUT2D eigenvalue weighted by Gasteiger charge is -2.12. The van der Waals surface area contributed by atoms with Crippen molar-refractivity contribution in [1.82, 2.24) is 19.6 Å². The summed E-state index contributed by atoms with van der Waals surface area (Å²) in [5, 5.41) is 7.60. The molecule has 0 saturated carbocycles. The van der Waals surface area contributed by atoms with E-state index in [1.165, 1.54) is 6.33 Å². The predicted octanol–water partition coefficient (Wildman–Crippen LogP) is 1.22. The van der Waals surface area contributed by atoms with Crippen molar-refractivity contribution in [3.63, 3.8) is 0 Å². The second kappa shape index (κ2) is 4.63. The average Bonchev–Trinajstić information content (AvgIpc) is 2.73.